The predicted octanol–water partition coefficient (Wildman–Crippen LogP) is 0.469. The van der Waals surface area contributed by atoms with Crippen LogP contribution in [0.4, 0.5) is 0 Å². The summed E-state index contributed by atoms with van der Waals surface area (Å²) < 4.78 is 32.9. The lowest BCUT2D eigenvalue weighted by atomic mass is 10.1. The molecule has 30 heavy (non-hydrogen) atoms. The molecule has 2 aromatic rings. The molecule has 0 atom stereocenters. The summed E-state index contributed by atoms with van der Waals surface area (Å²) in [4.78, 5) is 28.9. The van der Waals surface area contributed by atoms with Crippen LogP contribution in [0.2, 0.25) is 0 Å². The van der Waals surface area contributed by atoms with E-state index >= 15 is 0 Å². The van der Waals surface area contributed by atoms with Crippen LogP contribution in [0.15, 0.2) is 41.4 Å². The van der Waals surface area contributed by atoms with Gasteiger partial charge in [-0.1, -0.05) is 12.1 Å². The minimum Gasteiger partial charge on any atom is -0.497 e. The summed E-state index contributed by atoms with van der Waals surface area (Å²) in [7, 11) is 0.922. The van der Waals surface area contributed by atoms with Gasteiger partial charge < -0.3 is 19.1 Å². The molecule has 9 nitrogen and oxygen atoms in total. The van der Waals surface area contributed by atoms with E-state index in [0.29, 0.717) is 37.6 Å². The van der Waals surface area contributed by atoms with E-state index in [0.717, 1.165) is 5.56 Å². The minimum atomic E-state index is -3.62. The first-order valence-corrected chi connectivity index (χ1v) is 11.0. The Bertz CT molecular complexity index is 1040. The van der Waals surface area contributed by atoms with E-state index in [1.165, 1.54) is 23.9 Å². The van der Waals surface area contributed by atoms with E-state index < -0.39 is 10.0 Å². The van der Waals surface area contributed by atoms with Crippen LogP contribution in [0.1, 0.15) is 16.1 Å². The van der Waals surface area contributed by atoms with Crippen molar-refractivity contribution in [2.24, 2.45) is 7.05 Å². The Hall–Kier alpha value is -2.85. The zero-order chi connectivity index (χ0) is 21.9. The molecular weight excluding hydrogens is 408 g/mol. The molecule has 0 saturated carbocycles. The summed E-state index contributed by atoms with van der Waals surface area (Å²) in [5, 5.41) is 0. The quantitative estimate of drug-likeness (QED) is 0.712. The first kappa shape index (κ1) is 21.8. The first-order valence-electron chi connectivity index (χ1n) is 9.55. The summed E-state index contributed by atoms with van der Waals surface area (Å²) in [6.07, 6.45) is 1.68. The average molecular weight is 435 g/mol. The van der Waals surface area contributed by atoms with Gasteiger partial charge in [-0.15, -0.1) is 0 Å². The highest BCUT2D eigenvalue weighted by Gasteiger charge is 2.27. The van der Waals surface area contributed by atoms with E-state index in [9.17, 15) is 18.0 Å². The summed E-state index contributed by atoms with van der Waals surface area (Å²) in [6, 6.07) is 8.76. The third-order valence-electron chi connectivity index (χ3n) is 5.19. The fourth-order valence-electron chi connectivity index (χ4n) is 3.40. The third kappa shape index (κ3) is 4.65. The maximum atomic E-state index is 12.9. The van der Waals surface area contributed by atoms with Gasteiger partial charge >= 0.3 is 0 Å². The predicted molar refractivity (Wildman–Crippen MR) is 111 cm³/mol. The number of carbonyl (C=O) groups excluding carboxylic acids is 2. The molecule has 2 amide bonds. The number of nitrogens with one attached hydrogen (secondary N) is 1. The number of rotatable bonds is 6. The second-order valence-corrected chi connectivity index (χ2v) is 8.97. The van der Waals surface area contributed by atoms with Crippen LogP contribution in [0.25, 0.3) is 0 Å². The van der Waals surface area contributed by atoms with Crippen molar-refractivity contribution in [3.05, 3.63) is 47.8 Å². The minimum absolute atomic E-state index is 0.00313. The number of aromatic nitrogens is 1. The van der Waals surface area contributed by atoms with Crippen LogP contribution in [-0.4, -0.2) is 74.9 Å². The monoisotopic (exact) mass is 434 g/mol. The van der Waals surface area contributed by atoms with Gasteiger partial charge in [0.1, 0.15) is 16.3 Å². The number of aryl methyl sites for hydroxylation is 1. The van der Waals surface area contributed by atoms with Gasteiger partial charge in [0.25, 0.3) is 5.91 Å². The lowest BCUT2D eigenvalue weighted by Gasteiger charge is -2.35. The van der Waals surface area contributed by atoms with Crippen LogP contribution in [0, 0.1) is 0 Å². The molecular formula is C20H26N4O5S. The van der Waals surface area contributed by atoms with E-state index in [1.807, 2.05) is 24.3 Å². The fraction of sp³-hybridized carbons (Fsp3) is 0.400. The largest absolute Gasteiger partial charge is 0.497 e. The Morgan fingerprint density at radius 3 is 2.40 bits per heavy atom. The third-order valence-corrected chi connectivity index (χ3v) is 6.57. The molecule has 0 aliphatic carbocycles. The molecule has 1 aliphatic heterocycles. The van der Waals surface area contributed by atoms with Crippen LogP contribution in [0.5, 0.6) is 5.75 Å². The summed E-state index contributed by atoms with van der Waals surface area (Å²) in [6.45, 7) is 1.64. The highest BCUT2D eigenvalue weighted by molar-refractivity contribution is 7.89. The standard InChI is InChI=1S/C20H26N4O5S/c1-21-30(27,28)17-13-18(22(2)14-17)20(26)24-9-7-23(8-10-24)19(25)12-15-5-4-6-16(11-15)29-3/h4-6,11,13-14,21H,7-10,12H2,1-3H3. The summed E-state index contributed by atoms with van der Waals surface area (Å²) in [5.41, 5.74) is 1.17. The number of ether oxygens (including phenoxy) is 1. The zero-order valence-corrected chi connectivity index (χ0v) is 18.1. The van der Waals surface area contributed by atoms with Gasteiger partial charge in [-0.3, -0.25) is 9.59 Å². The van der Waals surface area contributed by atoms with Crippen LogP contribution < -0.4 is 9.46 Å². The number of carbonyl (C=O) groups is 2. The molecule has 0 radical (unpaired) electrons. The molecule has 0 bridgehead atoms. The lowest BCUT2D eigenvalue weighted by molar-refractivity contribution is -0.131. The second kappa shape index (κ2) is 8.88. The van der Waals surface area contributed by atoms with Gasteiger partial charge in [0.05, 0.1) is 13.5 Å². The van der Waals surface area contributed by atoms with Gasteiger partial charge in [0.15, 0.2) is 0 Å². The van der Waals surface area contributed by atoms with E-state index in [1.54, 1.807) is 24.0 Å². The highest BCUT2D eigenvalue weighted by atomic mass is 32.2. The van der Waals surface area contributed by atoms with Gasteiger partial charge in [-0.25, -0.2) is 13.1 Å². The summed E-state index contributed by atoms with van der Waals surface area (Å²) >= 11 is 0. The molecule has 1 N–H and O–H groups in total. The van der Waals surface area contributed by atoms with Crippen molar-refractivity contribution in [1.29, 1.82) is 0 Å². The maximum absolute atomic E-state index is 12.9. The van der Waals surface area contributed by atoms with Crippen molar-refractivity contribution in [3.8, 4) is 5.75 Å². The molecule has 0 unspecified atom stereocenters. The van der Waals surface area contributed by atoms with Gasteiger partial charge in [-0.05, 0) is 30.8 Å². The van der Waals surface area contributed by atoms with Crippen LogP contribution in [-0.2, 0) is 28.3 Å². The smallest absolute Gasteiger partial charge is 0.270 e. The molecule has 162 valence electrons. The van der Waals surface area contributed by atoms with Crippen molar-refractivity contribution in [2.45, 2.75) is 11.3 Å². The topological polar surface area (TPSA) is 101 Å². The van der Waals surface area contributed by atoms with E-state index in [-0.39, 0.29) is 23.1 Å². The second-order valence-electron chi connectivity index (χ2n) is 7.08. The van der Waals surface area contributed by atoms with Crippen LogP contribution in [0.3, 0.4) is 0 Å². The van der Waals surface area contributed by atoms with Gasteiger partial charge in [-0.2, -0.15) is 0 Å². The Morgan fingerprint density at radius 1 is 1.10 bits per heavy atom. The molecule has 3 rings (SSSR count). The van der Waals surface area contributed by atoms with E-state index in [2.05, 4.69) is 4.72 Å². The van der Waals surface area contributed by atoms with Gasteiger partial charge in [0, 0.05) is 39.4 Å². The normalized spacial score (nSPS) is 14.6. The Morgan fingerprint density at radius 2 is 1.77 bits per heavy atom. The number of hydrogen-bond acceptors (Lipinski definition) is 5. The number of nitrogens with zero attached hydrogens (tertiary/aromatic N) is 3. The Balaban J connectivity index is 1.61. The lowest BCUT2D eigenvalue weighted by Crippen LogP contribution is -2.51. The number of piperazine rings is 1. The average Bonchev–Trinajstić information content (AvgIpc) is 3.16. The number of hydrogen-bond donors (Lipinski definition) is 1. The van der Waals surface area contributed by atoms with E-state index in [4.69, 9.17) is 4.74 Å². The van der Waals surface area contributed by atoms with Crippen LogP contribution >= 0.6 is 0 Å². The van der Waals surface area contributed by atoms with Crippen molar-refractivity contribution < 1.29 is 22.7 Å². The van der Waals surface area contributed by atoms with Crippen molar-refractivity contribution in [2.75, 3.05) is 40.3 Å². The number of amides is 2. The maximum Gasteiger partial charge on any atom is 0.270 e. The van der Waals surface area contributed by atoms with Gasteiger partial charge in [0.2, 0.25) is 15.9 Å². The number of methoxy groups -OCH3 is 1. The fourth-order valence-corrected chi connectivity index (χ4v) is 4.20. The molecule has 1 aromatic carbocycles. The molecule has 1 saturated heterocycles. The first-order chi connectivity index (χ1) is 14.2. The molecule has 1 aromatic heterocycles. The molecule has 0 spiro atoms. The summed E-state index contributed by atoms with van der Waals surface area (Å²) in [5.74, 6) is 0.449. The Labute approximate surface area is 176 Å². The molecule has 1 aliphatic rings. The van der Waals surface area contributed by atoms with Crippen molar-refractivity contribution in [1.82, 2.24) is 19.1 Å². The number of sulfonamides is 1. The highest BCUT2D eigenvalue weighted by Crippen LogP contribution is 2.17. The molecule has 1 fully saturated rings. The van der Waals surface area contributed by atoms with Crippen molar-refractivity contribution in [3.63, 3.8) is 0 Å². The molecule has 2 heterocycles. The zero-order valence-electron chi connectivity index (χ0n) is 17.3. The molecule has 10 heteroatoms. The SMILES string of the molecule is CNS(=O)(=O)c1cc(C(=O)N2CCN(C(=O)Cc3cccc(OC)c3)CC2)n(C)c1. The Kier molecular flexibility index (Phi) is 6.47. The number of benzene rings is 1. The van der Waals surface area contributed by atoms with Crippen molar-refractivity contribution >= 4 is 21.8 Å².